The van der Waals surface area contributed by atoms with Crippen molar-refractivity contribution in [1.82, 2.24) is 0 Å². The van der Waals surface area contributed by atoms with E-state index in [1.54, 1.807) is 18.2 Å². The number of hydrogen-bond donors (Lipinski definition) is 0. The minimum Gasteiger partial charge on any atom is -0.766 e. The molecule has 0 saturated heterocycles. The van der Waals surface area contributed by atoms with E-state index < -0.39 is 7.60 Å². The van der Waals surface area contributed by atoms with Crippen LogP contribution < -0.4 is 39.0 Å². The molecule has 6 heteroatoms. The van der Waals surface area contributed by atoms with Crippen molar-refractivity contribution in [1.29, 1.82) is 0 Å². The van der Waals surface area contributed by atoms with Gasteiger partial charge in [-0.15, -0.1) is 0 Å². The van der Waals surface area contributed by atoms with Crippen molar-refractivity contribution in [2.24, 2.45) is 0 Å². The van der Waals surface area contributed by atoms with Crippen LogP contribution in [0.2, 0.25) is 5.02 Å². The summed E-state index contributed by atoms with van der Waals surface area (Å²) in [7, 11) is -3.91. The first-order chi connectivity index (χ1) is 10.0. The van der Waals surface area contributed by atoms with Crippen LogP contribution in [0.4, 0.5) is 0 Å². The first-order valence-corrected chi connectivity index (χ1v) is 9.53. The van der Waals surface area contributed by atoms with Crippen molar-refractivity contribution in [2.45, 2.75) is 51.9 Å². The summed E-state index contributed by atoms with van der Waals surface area (Å²) < 4.78 is 16.8. The Kier molecular flexibility index (Phi) is 8.77. The van der Waals surface area contributed by atoms with Crippen LogP contribution in [0.3, 0.4) is 0 Å². The van der Waals surface area contributed by atoms with Gasteiger partial charge in [-0.2, -0.15) is 0 Å². The van der Waals surface area contributed by atoms with Crippen molar-refractivity contribution in [3.05, 3.63) is 34.6 Å². The van der Waals surface area contributed by atoms with Crippen LogP contribution >= 0.6 is 19.2 Å². The molecule has 0 amide bonds. The summed E-state index contributed by atoms with van der Waals surface area (Å²) in [5.41, 5.74) is 1.62. The molecule has 3 nitrogen and oxygen atoms in total. The molecule has 1 aliphatic heterocycles. The summed E-state index contributed by atoms with van der Waals surface area (Å²) in [6, 6.07) is 5.05. The SMILES string of the molecule is CCCCCCCCC1=CP(=O)([O-])Oc2ccc(Cl)cc21.[Na+]. The minimum absolute atomic E-state index is 0. The van der Waals surface area contributed by atoms with E-state index in [9.17, 15) is 9.46 Å². The van der Waals surface area contributed by atoms with Crippen molar-refractivity contribution in [3.8, 4) is 5.75 Å². The molecule has 1 aliphatic rings. The van der Waals surface area contributed by atoms with Crippen LogP contribution in [-0.4, -0.2) is 0 Å². The topological polar surface area (TPSA) is 49.4 Å². The molecule has 116 valence electrons. The Hall–Kier alpha value is 0.240. The molecule has 1 aromatic carbocycles. The Morgan fingerprint density at radius 2 is 1.86 bits per heavy atom. The quantitative estimate of drug-likeness (QED) is 0.431. The van der Waals surface area contributed by atoms with Crippen LogP contribution in [0.15, 0.2) is 24.0 Å². The maximum atomic E-state index is 11.8. The molecule has 0 fully saturated rings. The van der Waals surface area contributed by atoms with Crippen LogP contribution in [-0.2, 0) is 4.57 Å². The van der Waals surface area contributed by atoms with Gasteiger partial charge in [0.2, 0.25) is 7.60 Å². The monoisotopic (exact) mass is 350 g/mol. The molecular formula is C16H21ClNaO3P. The summed E-state index contributed by atoms with van der Waals surface area (Å²) in [5, 5.41) is 0.592. The Morgan fingerprint density at radius 1 is 1.18 bits per heavy atom. The Labute approximate surface area is 159 Å². The normalized spacial score (nSPS) is 19.7. The van der Waals surface area contributed by atoms with Gasteiger partial charge in [-0.3, -0.25) is 4.57 Å². The van der Waals surface area contributed by atoms with Crippen molar-refractivity contribution in [2.75, 3.05) is 0 Å². The molecule has 1 heterocycles. The van der Waals surface area contributed by atoms with E-state index in [1.165, 1.54) is 31.5 Å². The van der Waals surface area contributed by atoms with E-state index in [0.29, 0.717) is 10.8 Å². The summed E-state index contributed by atoms with van der Waals surface area (Å²) in [4.78, 5) is 11.8. The second-order valence-electron chi connectivity index (χ2n) is 5.44. The molecule has 0 saturated carbocycles. The van der Waals surface area contributed by atoms with Gasteiger partial charge in [0, 0.05) is 16.4 Å². The first kappa shape index (κ1) is 20.3. The van der Waals surface area contributed by atoms with Crippen LogP contribution in [0.25, 0.3) is 5.57 Å². The van der Waals surface area contributed by atoms with Gasteiger partial charge in [-0.05, 0) is 36.6 Å². The smallest absolute Gasteiger partial charge is 0.766 e. The molecule has 1 aromatic rings. The number of halogens is 1. The average Bonchev–Trinajstić information content (AvgIpc) is 2.42. The summed E-state index contributed by atoms with van der Waals surface area (Å²) in [6.07, 6.45) is 7.81. The van der Waals surface area contributed by atoms with Gasteiger partial charge in [-0.1, -0.05) is 50.6 Å². The van der Waals surface area contributed by atoms with E-state index in [1.807, 2.05) is 0 Å². The Balaban J connectivity index is 0.00000242. The van der Waals surface area contributed by atoms with Crippen LogP contribution in [0.5, 0.6) is 5.75 Å². The number of hydrogen-bond acceptors (Lipinski definition) is 3. The molecule has 22 heavy (non-hydrogen) atoms. The molecular weight excluding hydrogens is 330 g/mol. The zero-order valence-corrected chi connectivity index (χ0v) is 17.0. The standard InChI is InChI=1S/C16H22ClO3P.Na/c1-2-3-4-5-6-7-8-13-12-21(18,19)20-16-10-9-14(17)11-15(13)16;/h9-12H,2-8H2,1H3,(H,18,19);/q;+1/p-1. The molecule has 0 N–H and O–H groups in total. The van der Waals surface area contributed by atoms with Crippen LogP contribution in [0.1, 0.15) is 57.4 Å². The predicted molar refractivity (Wildman–Crippen MR) is 85.7 cm³/mol. The fourth-order valence-electron chi connectivity index (χ4n) is 2.55. The number of benzene rings is 1. The molecule has 0 aliphatic carbocycles. The molecule has 0 aromatic heterocycles. The maximum Gasteiger partial charge on any atom is 1.00 e. The molecule has 2 rings (SSSR count). The molecule has 1 atom stereocenters. The zero-order valence-electron chi connectivity index (χ0n) is 13.3. The van der Waals surface area contributed by atoms with E-state index in [0.717, 1.165) is 30.4 Å². The Morgan fingerprint density at radius 3 is 2.59 bits per heavy atom. The van der Waals surface area contributed by atoms with Gasteiger partial charge in [0.15, 0.2) is 0 Å². The third-order valence-corrected chi connectivity index (χ3v) is 4.94. The molecule has 1 unspecified atom stereocenters. The van der Waals surface area contributed by atoms with E-state index >= 15 is 0 Å². The summed E-state index contributed by atoms with van der Waals surface area (Å²) in [5.74, 6) is 1.65. The second kappa shape index (κ2) is 9.52. The largest absolute Gasteiger partial charge is 1.00 e. The van der Waals surface area contributed by atoms with Gasteiger partial charge in [0.1, 0.15) is 5.75 Å². The van der Waals surface area contributed by atoms with Gasteiger partial charge in [0.25, 0.3) is 0 Å². The third kappa shape index (κ3) is 6.03. The van der Waals surface area contributed by atoms with E-state index in [4.69, 9.17) is 16.1 Å². The first-order valence-electron chi connectivity index (χ1n) is 7.54. The van der Waals surface area contributed by atoms with Gasteiger partial charge in [0.05, 0.1) is 0 Å². The number of rotatable bonds is 7. The molecule has 0 bridgehead atoms. The number of fused-ring (bicyclic) bond motifs is 1. The van der Waals surface area contributed by atoms with Gasteiger partial charge in [-0.25, -0.2) is 0 Å². The summed E-state index contributed by atoms with van der Waals surface area (Å²) >= 11 is 6.00. The van der Waals surface area contributed by atoms with Crippen molar-refractivity contribution < 1.29 is 43.5 Å². The maximum absolute atomic E-state index is 11.8. The van der Waals surface area contributed by atoms with E-state index in [2.05, 4.69) is 6.92 Å². The predicted octanol–water partition coefficient (Wildman–Crippen LogP) is 2.38. The number of unbranched alkanes of at least 4 members (excludes halogenated alkanes) is 5. The Bertz CT molecular complexity index is 575. The molecule has 0 radical (unpaired) electrons. The van der Waals surface area contributed by atoms with Gasteiger partial charge < -0.3 is 9.42 Å². The van der Waals surface area contributed by atoms with Crippen molar-refractivity contribution >= 4 is 24.8 Å². The fourth-order valence-corrected chi connectivity index (χ4v) is 3.86. The second-order valence-corrected chi connectivity index (χ2v) is 7.40. The fraction of sp³-hybridized carbons (Fsp3) is 0.500. The number of allylic oxidation sites excluding steroid dienone is 1. The van der Waals surface area contributed by atoms with Crippen LogP contribution in [0, 0.1) is 0 Å². The third-order valence-electron chi connectivity index (χ3n) is 3.63. The van der Waals surface area contributed by atoms with E-state index in [-0.39, 0.29) is 29.6 Å². The zero-order chi connectivity index (χ0) is 15.3. The molecule has 0 spiro atoms. The minimum atomic E-state index is -3.91. The average molecular weight is 351 g/mol. The van der Waals surface area contributed by atoms with Crippen molar-refractivity contribution in [3.63, 3.8) is 0 Å². The van der Waals surface area contributed by atoms with Gasteiger partial charge >= 0.3 is 29.6 Å². The summed E-state index contributed by atoms with van der Waals surface area (Å²) in [6.45, 7) is 2.19.